The van der Waals surface area contributed by atoms with Gasteiger partial charge in [-0.15, -0.1) is 11.3 Å². The van der Waals surface area contributed by atoms with Crippen LogP contribution in [0, 0.1) is 0 Å². The van der Waals surface area contributed by atoms with Crippen molar-refractivity contribution < 1.29 is 9.59 Å². The van der Waals surface area contributed by atoms with Crippen LogP contribution in [0.1, 0.15) is 16.9 Å². The van der Waals surface area contributed by atoms with E-state index in [1.54, 1.807) is 11.3 Å². The summed E-state index contributed by atoms with van der Waals surface area (Å²) in [7, 11) is 1.96. The molecule has 1 aliphatic rings. The van der Waals surface area contributed by atoms with Crippen molar-refractivity contribution in [2.75, 3.05) is 26.2 Å². The monoisotopic (exact) mass is 345 g/mol. The first-order chi connectivity index (χ1) is 11.6. The van der Waals surface area contributed by atoms with E-state index in [2.05, 4.69) is 0 Å². The molecule has 0 atom stereocenters. The van der Waals surface area contributed by atoms with Gasteiger partial charge in [0.25, 0.3) is 0 Å². The molecule has 128 valence electrons. The van der Waals surface area contributed by atoms with Crippen molar-refractivity contribution in [3.63, 3.8) is 0 Å². The van der Waals surface area contributed by atoms with Crippen LogP contribution in [0.15, 0.2) is 36.0 Å². The van der Waals surface area contributed by atoms with E-state index in [1.807, 2.05) is 57.4 Å². The van der Waals surface area contributed by atoms with Gasteiger partial charge < -0.3 is 14.4 Å². The van der Waals surface area contributed by atoms with Crippen LogP contribution in [0.25, 0.3) is 0 Å². The van der Waals surface area contributed by atoms with Gasteiger partial charge in [-0.3, -0.25) is 9.59 Å². The summed E-state index contributed by atoms with van der Waals surface area (Å²) in [6.07, 6.45) is 5.68. The fourth-order valence-corrected chi connectivity index (χ4v) is 3.74. The minimum Gasteiger partial charge on any atom is -0.357 e. The topological polar surface area (TPSA) is 45.6 Å². The second-order valence-corrected chi connectivity index (χ2v) is 7.27. The normalized spacial score (nSPS) is 15.4. The van der Waals surface area contributed by atoms with Gasteiger partial charge in [-0.05, 0) is 29.5 Å². The average molecular weight is 345 g/mol. The Kier molecular flexibility index (Phi) is 5.35. The quantitative estimate of drug-likeness (QED) is 0.850. The number of amides is 2. The minimum atomic E-state index is 0.147. The van der Waals surface area contributed by atoms with Gasteiger partial charge in [0.15, 0.2) is 0 Å². The molecule has 3 rings (SSSR count). The highest BCUT2D eigenvalue weighted by molar-refractivity contribution is 7.10. The summed E-state index contributed by atoms with van der Waals surface area (Å²) in [4.78, 5) is 29.8. The lowest BCUT2D eigenvalue weighted by atomic mass is 10.2. The smallest absolute Gasteiger partial charge is 0.227 e. The van der Waals surface area contributed by atoms with Crippen LogP contribution >= 0.6 is 11.3 Å². The Labute approximate surface area is 146 Å². The lowest BCUT2D eigenvalue weighted by Gasteiger charge is -2.22. The van der Waals surface area contributed by atoms with E-state index < -0.39 is 0 Å². The van der Waals surface area contributed by atoms with Crippen LogP contribution in [0.4, 0.5) is 0 Å². The molecule has 0 N–H and O–H groups in total. The zero-order valence-corrected chi connectivity index (χ0v) is 14.8. The van der Waals surface area contributed by atoms with Crippen molar-refractivity contribution in [3.05, 3.63) is 46.4 Å². The van der Waals surface area contributed by atoms with Crippen molar-refractivity contribution in [1.29, 1.82) is 0 Å². The number of rotatable bonds is 4. The predicted octanol–water partition coefficient (Wildman–Crippen LogP) is 1.93. The third kappa shape index (κ3) is 4.26. The lowest BCUT2D eigenvalue weighted by Crippen LogP contribution is -2.38. The number of hydrogen-bond acceptors (Lipinski definition) is 3. The molecule has 0 radical (unpaired) electrons. The molecule has 1 fully saturated rings. The SMILES string of the molecule is Cn1ccc(CC(=O)N2CCCN(C(=O)Cc3cccs3)CC2)c1. The molecule has 0 spiro atoms. The Hall–Kier alpha value is -2.08. The zero-order chi connectivity index (χ0) is 16.9. The first-order valence-electron chi connectivity index (χ1n) is 8.30. The van der Waals surface area contributed by atoms with Crippen molar-refractivity contribution in [3.8, 4) is 0 Å². The Balaban J connectivity index is 1.52. The average Bonchev–Trinajstić information content (AvgIpc) is 3.12. The number of nitrogens with zero attached hydrogens (tertiary/aromatic N) is 3. The number of thiophene rings is 1. The molecule has 0 aromatic carbocycles. The molecule has 1 saturated heterocycles. The van der Waals surface area contributed by atoms with Gasteiger partial charge in [-0.2, -0.15) is 0 Å². The van der Waals surface area contributed by atoms with E-state index in [0.29, 0.717) is 25.9 Å². The summed E-state index contributed by atoms with van der Waals surface area (Å²) < 4.78 is 1.95. The molecule has 1 aliphatic heterocycles. The molecule has 0 aliphatic carbocycles. The molecule has 6 heteroatoms. The molecule has 0 unspecified atom stereocenters. The Morgan fingerprint density at radius 3 is 2.33 bits per heavy atom. The highest BCUT2D eigenvalue weighted by Crippen LogP contribution is 2.13. The third-order valence-electron chi connectivity index (χ3n) is 4.36. The molecule has 5 nitrogen and oxygen atoms in total. The molecule has 2 aromatic rings. The molecule has 3 heterocycles. The fraction of sp³-hybridized carbons (Fsp3) is 0.444. The van der Waals surface area contributed by atoms with Crippen LogP contribution in [0.2, 0.25) is 0 Å². The van der Waals surface area contributed by atoms with Crippen molar-refractivity contribution in [2.45, 2.75) is 19.3 Å². The van der Waals surface area contributed by atoms with Gasteiger partial charge in [0, 0.05) is 50.5 Å². The summed E-state index contributed by atoms with van der Waals surface area (Å²) in [6.45, 7) is 2.72. The van der Waals surface area contributed by atoms with Crippen LogP contribution < -0.4 is 0 Å². The van der Waals surface area contributed by atoms with Crippen LogP contribution in [0.3, 0.4) is 0 Å². The van der Waals surface area contributed by atoms with Crippen LogP contribution in [-0.2, 0) is 29.5 Å². The number of carbonyl (C=O) groups is 2. The molecular formula is C18H23N3O2S. The first-order valence-corrected chi connectivity index (χ1v) is 9.18. The van der Waals surface area contributed by atoms with Crippen LogP contribution in [-0.4, -0.2) is 52.4 Å². The maximum atomic E-state index is 12.5. The van der Waals surface area contributed by atoms with E-state index in [0.717, 1.165) is 30.0 Å². The predicted molar refractivity (Wildman–Crippen MR) is 94.9 cm³/mol. The minimum absolute atomic E-state index is 0.147. The Bertz CT molecular complexity index is 693. The second kappa shape index (κ2) is 7.66. The van der Waals surface area contributed by atoms with E-state index in [-0.39, 0.29) is 11.8 Å². The van der Waals surface area contributed by atoms with Gasteiger partial charge in [0.05, 0.1) is 12.8 Å². The van der Waals surface area contributed by atoms with Gasteiger partial charge in [0.1, 0.15) is 0 Å². The molecule has 24 heavy (non-hydrogen) atoms. The summed E-state index contributed by atoms with van der Waals surface area (Å²) in [5, 5.41) is 2.00. The van der Waals surface area contributed by atoms with Gasteiger partial charge in [-0.25, -0.2) is 0 Å². The number of hydrogen-bond donors (Lipinski definition) is 0. The number of aryl methyl sites for hydroxylation is 1. The molecule has 0 saturated carbocycles. The highest BCUT2D eigenvalue weighted by Gasteiger charge is 2.22. The molecule has 0 bridgehead atoms. The third-order valence-corrected chi connectivity index (χ3v) is 5.23. The lowest BCUT2D eigenvalue weighted by molar-refractivity contribution is -0.132. The maximum absolute atomic E-state index is 12.5. The molecular weight excluding hydrogens is 322 g/mol. The zero-order valence-electron chi connectivity index (χ0n) is 14.0. The van der Waals surface area contributed by atoms with Gasteiger partial charge >= 0.3 is 0 Å². The van der Waals surface area contributed by atoms with Crippen molar-refractivity contribution in [2.24, 2.45) is 7.05 Å². The van der Waals surface area contributed by atoms with Gasteiger partial charge in [-0.1, -0.05) is 6.07 Å². The fourth-order valence-electron chi connectivity index (χ4n) is 3.04. The summed E-state index contributed by atoms with van der Waals surface area (Å²) >= 11 is 1.62. The number of carbonyl (C=O) groups excluding carboxylic acids is 2. The largest absolute Gasteiger partial charge is 0.357 e. The Morgan fingerprint density at radius 2 is 1.75 bits per heavy atom. The molecule has 2 aromatic heterocycles. The highest BCUT2D eigenvalue weighted by atomic mass is 32.1. The molecule has 2 amide bonds. The van der Waals surface area contributed by atoms with E-state index >= 15 is 0 Å². The second-order valence-electron chi connectivity index (χ2n) is 6.23. The van der Waals surface area contributed by atoms with E-state index in [4.69, 9.17) is 0 Å². The van der Waals surface area contributed by atoms with Crippen molar-refractivity contribution >= 4 is 23.2 Å². The Morgan fingerprint density at radius 1 is 1.04 bits per heavy atom. The first kappa shape index (κ1) is 16.8. The van der Waals surface area contributed by atoms with E-state index in [1.165, 1.54) is 0 Å². The summed E-state index contributed by atoms with van der Waals surface area (Å²) in [5.41, 5.74) is 1.04. The number of aromatic nitrogens is 1. The van der Waals surface area contributed by atoms with Gasteiger partial charge in [0.2, 0.25) is 11.8 Å². The van der Waals surface area contributed by atoms with E-state index in [9.17, 15) is 9.59 Å². The summed E-state index contributed by atoms with van der Waals surface area (Å²) in [5.74, 6) is 0.309. The maximum Gasteiger partial charge on any atom is 0.227 e. The summed E-state index contributed by atoms with van der Waals surface area (Å²) in [6, 6.07) is 5.95. The standard InChI is InChI=1S/C18H23N3O2S/c1-19-8-5-15(14-19)12-17(22)20-6-3-7-21(10-9-20)18(23)13-16-4-2-11-24-16/h2,4-5,8,11,14H,3,6-7,9-10,12-13H2,1H3. The van der Waals surface area contributed by atoms with Crippen LogP contribution in [0.5, 0.6) is 0 Å². The van der Waals surface area contributed by atoms with Crippen molar-refractivity contribution in [1.82, 2.24) is 14.4 Å².